The highest BCUT2D eigenvalue weighted by Gasteiger charge is 2.27. The van der Waals surface area contributed by atoms with Crippen LogP contribution in [0.25, 0.3) is 0 Å². The maximum Gasteiger partial charge on any atom is 0.407 e. The number of hydrogen-bond acceptors (Lipinski definition) is 5. The van der Waals surface area contributed by atoms with E-state index in [1.165, 1.54) is 12.0 Å². The maximum absolute atomic E-state index is 11.5. The summed E-state index contributed by atoms with van der Waals surface area (Å²) >= 11 is 0. The van der Waals surface area contributed by atoms with Crippen molar-refractivity contribution in [2.24, 2.45) is 0 Å². The third kappa shape index (κ3) is 3.01. The van der Waals surface area contributed by atoms with Crippen LogP contribution in [0.3, 0.4) is 0 Å². The van der Waals surface area contributed by atoms with E-state index in [0.717, 1.165) is 5.69 Å². The summed E-state index contributed by atoms with van der Waals surface area (Å²) in [6.07, 6.45) is -0.907. The number of nitrogen functional groups attached to an aromatic ring is 1. The molecule has 1 atom stereocenters. The standard InChI is InChI=1S/C14H19N3O4/c1-9-8-16(14(19)20)5-6-17(9)12-4-3-10(7-11(12)15)13(18)21-2/h3-4,7,9H,5-6,8,15H2,1-2H3,(H,19,20). The molecule has 1 aliphatic rings. The van der Waals surface area contributed by atoms with E-state index in [2.05, 4.69) is 9.64 Å². The van der Waals surface area contributed by atoms with E-state index in [1.54, 1.807) is 18.2 Å². The number of methoxy groups -OCH3 is 1. The van der Waals surface area contributed by atoms with E-state index >= 15 is 0 Å². The molecule has 0 aromatic heterocycles. The minimum absolute atomic E-state index is 0.0149. The first-order chi connectivity index (χ1) is 9.93. The first-order valence-electron chi connectivity index (χ1n) is 6.66. The monoisotopic (exact) mass is 293 g/mol. The Kier molecular flexibility index (Phi) is 4.21. The van der Waals surface area contributed by atoms with Crippen molar-refractivity contribution in [3.8, 4) is 0 Å². The van der Waals surface area contributed by atoms with Gasteiger partial charge in [-0.05, 0) is 25.1 Å². The van der Waals surface area contributed by atoms with Gasteiger partial charge in [0.2, 0.25) is 0 Å². The van der Waals surface area contributed by atoms with Crippen LogP contribution in [0.5, 0.6) is 0 Å². The number of carbonyl (C=O) groups excluding carboxylic acids is 1. The number of amides is 1. The second-order valence-corrected chi connectivity index (χ2v) is 5.04. The Morgan fingerprint density at radius 2 is 2.10 bits per heavy atom. The highest BCUT2D eigenvalue weighted by Crippen LogP contribution is 2.28. The third-order valence-corrected chi connectivity index (χ3v) is 3.66. The van der Waals surface area contributed by atoms with Gasteiger partial charge in [-0.25, -0.2) is 9.59 Å². The van der Waals surface area contributed by atoms with Gasteiger partial charge in [-0.1, -0.05) is 0 Å². The lowest BCUT2D eigenvalue weighted by Gasteiger charge is -2.40. The summed E-state index contributed by atoms with van der Waals surface area (Å²) in [5, 5.41) is 9.02. The Hall–Kier alpha value is -2.44. The normalized spacial score (nSPS) is 18.5. The molecular formula is C14H19N3O4. The molecule has 1 aliphatic heterocycles. The summed E-state index contributed by atoms with van der Waals surface area (Å²) in [6, 6.07) is 5.03. The fourth-order valence-corrected chi connectivity index (χ4v) is 2.55. The summed E-state index contributed by atoms with van der Waals surface area (Å²) < 4.78 is 4.66. The van der Waals surface area contributed by atoms with Crippen LogP contribution in [0.1, 0.15) is 17.3 Å². The van der Waals surface area contributed by atoms with E-state index in [-0.39, 0.29) is 6.04 Å². The van der Waals surface area contributed by atoms with Gasteiger partial charge in [-0.2, -0.15) is 0 Å². The predicted octanol–water partition coefficient (Wildman–Crippen LogP) is 1.24. The lowest BCUT2D eigenvalue weighted by atomic mass is 10.1. The Morgan fingerprint density at radius 1 is 1.38 bits per heavy atom. The van der Waals surface area contributed by atoms with Gasteiger partial charge in [0.05, 0.1) is 24.0 Å². The van der Waals surface area contributed by atoms with Crippen molar-refractivity contribution in [2.75, 3.05) is 37.4 Å². The Morgan fingerprint density at radius 3 is 2.62 bits per heavy atom. The zero-order valence-electron chi connectivity index (χ0n) is 12.1. The van der Waals surface area contributed by atoms with Crippen molar-refractivity contribution >= 4 is 23.4 Å². The molecule has 0 aliphatic carbocycles. The quantitative estimate of drug-likeness (QED) is 0.629. The Balaban J connectivity index is 2.19. The van der Waals surface area contributed by atoms with Gasteiger partial charge in [0.25, 0.3) is 0 Å². The summed E-state index contributed by atoms with van der Waals surface area (Å²) in [6.45, 7) is 3.36. The van der Waals surface area contributed by atoms with E-state index in [9.17, 15) is 9.59 Å². The van der Waals surface area contributed by atoms with Gasteiger partial charge in [-0.3, -0.25) is 0 Å². The minimum Gasteiger partial charge on any atom is -0.465 e. The molecule has 21 heavy (non-hydrogen) atoms. The smallest absolute Gasteiger partial charge is 0.407 e. The van der Waals surface area contributed by atoms with E-state index in [0.29, 0.717) is 30.9 Å². The molecule has 0 saturated carbocycles. The van der Waals surface area contributed by atoms with Crippen molar-refractivity contribution in [3.63, 3.8) is 0 Å². The van der Waals surface area contributed by atoms with Gasteiger partial charge in [0.15, 0.2) is 0 Å². The average Bonchev–Trinajstić information content (AvgIpc) is 2.46. The number of carboxylic acid groups (broad SMARTS) is 1. The summed E-state index contributed by atoms with van der Waals surface area (Å²) in [4.78, 5) is 25.9. The third-order valence-electron chi connectivity index (χ3n) is 3.66. The van der Waals surface area contributed by atoms with Gasteiger partial charge in [0, 0.05) is 25.7 Å². The first kappa shape index (κ1) is 15.0. The van der Waals surface area contributed by atoms with Crippen LogP contribution in [0.15, 0.2) is 18.2 Å². The average molecular weight is 293 g/mol. The number of carbonyl (C=O) groups is 2. The lowest BCUT2D eigenvalue weighted by Crippen LogP contribution is -2.53. The van der Waals surface area contributed by atoms with Crippen molar-refractivity contribution < 1.29 is 19.4 Å². The molecule has 1 unspecified atom stereocenters. The minimum atomic E-state index is -0.907. The van der Waals surface area contributed by atoms with Gasteiger partial charge in [0.1, 0.15) is 0 Å². The SMILES string of the molecule is COC(=O)c1ccc(N2CCN(C(=O)O)CC2C)c(N)c1. The highest BCUT2D eigenvalue weighted by atomic mass is 16.5. The molecule has 1 saturated heterocycles. The molecule has 0 spiro atoms. The molecule has 1 aromatic carbocycles. The molecule has 0 bridgehead atoms. The zero-order chi connectivity index (χ0) is 15.6. The molecule has 2 rings (SSSR count). The molecular weight excluding hydrogens is 274 g/mol. The number of rotatable bonds is 2. The maximum atomic E-state index is 11.5. The van der Waals surface area contributed by atoms with E-state index < -0.39 is 12.1 Å². The number of hydrogen-bond donors (Lipinski definition) is 2. The number of nitrogens with two attached hydrogens (primary N) is 1. The number of nitrogens with zero attached hydrogens (tertiary/aromatic N) is 2. The molecule has 1 fully saturated rings. The first-order valence-corrected chi connectivity index (χ1v) is 6.66. The fourth-order valence-electron chi connectivity index (χ4n) is 2.55. The predicted molar refractivity (Wildman–Crippen MR) is 78.6 cm³/mol. The molecule has 114 valence electrons. The number of ether oxygens (including phenoxy) is 1. The van der Waals surface area contributed by atoms with Crippen molar-refractivity contribution in [1.82, 2.24) is 4.90 Å². The number of esters is 1. The second-order valence-electron chi connectivity index (χ2n) is 5.04. The molecule has 7 heteroatoms. The highest BCUT2D eigenvalue weighted by molar-refractivity contribution is 5.92. The van der Waals surface area contributed by atoms with Gasteiger partial charge in [-0.15, -0.1) is 0 Å². The van der Waals surface area contributed by atoms with Crippen LogP contribution in [-0.4, -0.2) is 54.9 Å². The van der Waals surface area contributed by atoms with E-state index in [4.69, 9.17) is 10.8 Å². The van der Waals surface area contributed by atoms with Gasteiger partial charge < -0.3 is 25.4 Å². The Bertz CT molecular complexity index is 561. The number of benzene rings is 1. The largest absolute Gasteiger partial charge is 0.465 e. The van der Waals surface area contributed by atoms with Crippen LogP contribution in [0.2, 0.25) is 0 Å². The molecule has 7 nitrogen and oxygen atoms in total. The zero-order valence-corrected chi connectivity index (χ0v) is 12.1. The molecule has 1 amide bonds. The van der Waals surface area contributed by atoms with Gasteiger partial charge >= 0.3 is 12.1 Å². The van der Waals surface area contributed by atoms with Crippen LogP contribution in [0.4, 0.5) is 16.2 Å². The summed E-state index contributed by atoms with van der Waals surface area (Å²) in [5.41, 5.74) is 7.71. The van der Waals surface area contributed by atoms with Crippen LogP contribution in [-0.2, 0) is 4.74 Å². The van der Waals surface area contributed by atoms with Crippen LogP contribution < -0.4 is 10.6 Å². The van der Waals surface area contributed by atoms with Crippen molar-refractivity contribution in [2.45, 2.75) is 13.0 Å². The fraction of sp³-hybridized carbons (Fsp3) is 0.429. The van der Waals surface area contributed by atoms with Crippen molar-refractivity contribution in [3.05, 3.63) is 23.8 Å². The Labute approximate surface area is 122 Å². The topological polar surface area (TPSA) is 96.1 Å². The number of piperazine rings is 1. The number of anilines is 2. The summed E-state index contributed by atoms with van der Waals surface area (Å²) in [5.74, 6) is -0.433. The van der Waals surface area contributed by atoms with E-state index in [1.807, 2.05) is 6.92 Å². The lowest BCUT2D eigenvalue weighted by molar-refractivity contribution is 0.0600. The second kappa shape index (κ2) is 5.90. The molecule has 3 N–H and O–H groups in total. The molecule has 1 aromatic rings. The van der Waals surface area contributed by atoms with Crippen molar-refractivity contribution in [1.29, 1.82) is 0 Å². The molecule has 1 heterocycles. The summed E-state index contributed by atoms with van der Waals surface area (Å²) in [7, 11) is 1.32. The van der Waals surface area contributed by atoms with Crippen LogP contribution in [0, 0.1) is 0 Å². The van der Waals surface area contributed by atoms with Crippen LogP contribution >= 0.6 is 0 Å². The molecule has 0 radical (unpaired) electrons.